The van der Waals surface area contributed by atoms with Crippen LogP contribution < -0.4 is 5.73 Å². The normalized spacial score (nSPS) is 15.1. The number of hydrogen-bond acceptors (Lipinski definition) is 3. The van der Waals surface area contributed by atoms with Crippen LogP contribution in [0.2, 0.25) is 5.02 Å². The Morgan fingerprint density at radius 3 is 2.62 bits per heavy atom. The summed E-state index contributed by atoms with van der Waals surface area (Å²) in [6.07, 6.45) is 0. The van der Waals surface area contributed by atoms with Crippen LogP contribution in [0.5, 0.6) is 0 Å². The molecular weight excluding hydrogens is 242 g/mol. The lowest BCUT2D eigenvalue weighted by Crippen LogP contribution is -2.39. The molecule has 1 rings (SSSR count). The molecule has 2 nitrogen and oxygen atoms in total. The second-order valence-corrected chi connectivity index (χ2v) is 5.87. The highest BCUT2D eigenvalue weighted by molar-refractivity contribution is 8.00. The third-order valence-corrected chi connectivity index (χ3v) is 3.99. The van der Waals surface area contributed by atoms with E-state index < -0.39 is 0 Å². The van der Waals surface area contributed by atoms with Crippen molar-refractivity contribution >= 4 is 23.4 Å². The molecule has 0 bridgehead atoms. The average Bonchev–Trinajstić information content (AvgIpc) is 2.25. The van der Waals surface area contributed by atoms with Gasteiger partial charge in [0.05, 0.1) is 6.61 Å². The first-order valence-corrected chi connectivity index (χ1v) is 6.59. The summed E-state index contributed by atoms with van der Waals surface area (Å²) in [6, 6.07) is 7.59. The zero-order chi connectivity index (χ0) is 12.1. The maximum Gasteiger partial charge on any atom is 0.0568 e. The third-order valence-electron chi connectivity index (χ3n) is 2.46. The lowest BCUT2D eigenvalue weighted by Gasteiger charge is -2.24. The van der Waals surface area contributed by atoms with Crippen LogP contribution in [0.1, 0.15) is 13.8 Å². The summed E-state index contributed by atoms with van der Waals surface area (Å²) < 4.78 is 0. The van der Waals surface area contributed by atoms with Gasteiger partial charge >= 0.3 is 0 Å². The third kappa shape index (κ3) is 3.98. The van der Waals surface area contributed by atoms with E-state index in [-0.39, 0.29) is 17.9 Å². The van der Waals surface area contributed by atoms with Crippen molar-refractivity contribution in [3.63, 3.8) is 0 Å². The fourth-order valence-corrected chi connectivity index (χ4v) is 2.88. The highest BCUT2D eigenvalue weighted by Crippen LogP contribution is 2.28. The van der Waals surface area contributed by atoms with Crippen LogP contribution in [0.3, 0.4) is 0 Å². The Hall–Kier alpha value is -0.220. The van der Waals surface area contributed by atoms with E-state index in [0.29, 0.717) is 10.9 Å². The molecule has 0 spiro atoms. The van der Waals surface area contributed by atoms with Gasteiger partial charge < -0.3 is 10.8 Å². The van der Waals surface area contributed by atoms with Gasteiger partial charge in [0.25, 0.3) is 0 Å². The number of halogens is 1. The molecule has 0 fully saturated rings. The van der Waals surface area contributed by atoms with Crippen molar-refractivity contribution in [2.24, 2.45) is 11.7 Å². The van der Waals surface area contributed by atoms with Crippen LogP contribution in [0.15, 0.2) is 29.2 Å². The first-order chi connectivity index (χ1) is 7.54. The van der Waals surface area contributed by atoms with E-state index in [1.165, 1.54) is 0 Å². The van der Waals surface area contributed by atoms with E-state index in [1.807, 2.05) is 24.3 Å². The second-order valence-electron chi connectivity index (χ2n) is 4.12. The monoisotopic (exact) mass is 259 g/mol. The van der Waals surface area contributed by atoms with Gasteiger partial charge in [0.15, 0.2) is 0 Å². The molecule has 3 N–H and O–H groups in total. The molecule has 0 radical (unpaired) electrons. The Kier molecular flexibility index (Phi) is 5.62. The standard InChI is InChI=1S/C12H18ClNOS/c1-8(2)12(14)11(7-15)16-10-5-3-4-9(13)6-10/h3-6,8,11-12,15H,7,14H2,1-2H3. The predicted molar refractivity (Wildman–Crippen MR) is 71.0 cm³/mol. The van der Waals surface area contributed by atoms with E-state index >= 15 is 0 Å². The number of benzene rings is 1. The first kappa shape index (κ1) is 13.8. The minimum atomic E-state index is -0.0195. The molecule has 2 unspecified atom stereocenters. The molecule has 0 aliphatic heterocycles. The van der Waals surface area contributed by atoms with Gasteiger partial charge in [0.2, 0.25) is 0 Å². The molecule has 0 aromatic heterocycles. The summed E-state index contributed by atoms with van der Waals surface area (Å²) in [4.78, 5) is 1.04. The highest BCUT2D eigenvalue weighted by atomic mass is 35.5. The molecule has 0 amide bonds. The summed E-state index contributed by atoms with van der Waals surface area (Å²) in [5, 5.41) is 10.1. The SMILES string of the molecule is CC(C)C(N)C(CO)Sc1cccc(Cl)c1. The van der Waals surface area contributed by atoms with Crippen molar-refractivity contribution in [3.05, 3.63) is 29.3 Å². The zero-order valence-corrected chi connectivity index (χ0v) is 11.1. The fraction of sp³-hybridized carbons (Fsp3) is 0.500. The summed E-state index contributed by atoms with van der Waals surface area (Å²) in [5.74, 6) is 0.351. The van der Waals surface area contributed by atoms with E-state index in [4.69, 9.17) is 17.3 Å². The number of rotatable bonds is 5. The maximum absolute atomic E-state index is 9.34. The Balaban J connectivity index is 2.70. The van der Waals surface area contributed by atoms with Crippen LogP contribution in [0, 0.1) is 5.92 Å². The summed E-state index contributed by atoms with van der Waals surface area (Å²) in [7, 11) is 0. The van der Waals surface area contributed by atoms with E-state index in [9.17, 15) is 5.11 Å². The van der Waals surface area contributed by atoms with Gasteiger partial charge in [-0.3, -0.25) is 0 Å². The van der Waals surface area contributed by atoms with Crippen molar-refractivity contribution in [1.29, 1.82) is 0 Å². The van der Waals surface area contributed by atoms with Gasteiger partial charge in [0.1, 0.15) is 0 Å². The molecule has 4 heteroatoms. The number of nitrogens with two attached hydrogens (primary N) is 1. The Morgan fingerprint density at radius 2 is 2.12 bits per heavy atom. The molecule has 0 aliphatic carbocycles. The lowest BCUT2D eigenvalue weighted by atomic mass is 10.0. The van der Waals surface area contributed by atoms with Gasteiger partial charge in [-0.2, -0.15) is 0 Å². The molecule has 90 valence electrons. The zero-order valence-electron chi connectivity index (χ0n) is 9.56. The molecular formula is C12H18ClNOS. The van der Waals surface area contributed by atoms with Crippen molar-refractivity contribution in [1.82, 2.24) is 0 Å². The van der Waals surface area contributed by atoms with Crippen molar-refractivity contribution < 1.29 is 5.11 Å². The quantitative estimate of drug-likeness (QED) is 0.800. The van der Waals surface area contributed by atoms with Crippen LogP contribution in [-0.4, -0.2) is 23.0 Å². The minimum absolute atomic E-state index is 0.0125. The molecule has 1 aromatic rings. The molecule has 16 heavy (non-hydrogen) atoms. The number of aliphatic hydroxyl groups is 1. The lowest BCUT2D eigenvalue weighted by molar-refractivity contribution is 0.269. The topological polar surface area (TPSA) is 46.2 Å². The minimum Gasteiger partial charge on any atom is -0.395 e. The maximum atomic E-state index is 9.34. The van der Waals surface area contributed by atoms with Crippen molar-refractivity contribution in [2.45, 2.75) is 30.0 Å². The molecule has 1 aromatic carbocycles. The number of aliphatic hydroxyl groups excluding tert-OH is 1. The molecule has 0 heterocycles. The van der Waals surface area contributed by atoms with Gasteiger partial charge in [-0.25, -0.2) is 0 Å². The molecule has 0 saturated heterocycles. The summed E-state index contributed by atoms with van der Waals surface area (Å²) >= 11 is 7.49. The fourth-order valence-electron chi connectivity index (χ4n) is 1.38. The first-order valence-electron chi connectivity index (χ1n) is 5.33. The van der Waals surface area contributed by atoms with E-state index in [0.717, 1.165) is 4.90 Å². The van der Waals surface area contributed by atoms with Crippen LogP contribution in [-0.2, 0) is 0 Å². The number of hydrogen-bond donors (Lipinski definition) is 2. The van der Waals surface area contributed by atoms with Gasteiger partial charge in [-0.05, 0) is 24.1 Å². The highest BCUT2D eigenvalue weighted by Gasteiger charge is 2.21. The van der Waals surface area contributed by atoms with Crippen LogP contribution in [0.4, 0.5) is 0 Å². The van der Waals surface area contributed by atoms with Crippen molar-refractivity contribution in [3.8, 4) is 0 Å². The Labute approximate surface area is 106 Å². The molecule has 0 saturated carbocycles. The van der Waals surface area contributed by atoms with E-state index in [1.54, 1.807) is 11.8 Å². The summed E-state index contributed by atoms with van der Waals surface area (Å²) in [6.45, 7) is 4.20. The largest absolute Gasteiger partial charge is 0.395 e. The van der Waals surface area contributed by atoms with E-state index in [2.05, 4.69) is 13.8 Å². The smallest absolute Gasteiger partial charge is 0.0568 e. The van der Waals surface area contributed by atoms with Crippen LogP contribution >= 0.6 is 23.4 Å². The van der Waals surface area contributed by atoms with Gasteiger partial charge in [-0.1, -0.05) is 31.5 Å². The van der Waals surface area contributed by atoms with Crippen LogP contribution in [0.25, 0.3) is 0 Å². The Morgan fingerprint density at radius 1 is 1.44 bits per heavy atom. The van der Waals surface area contributed by atoms with Gasteiger partial charge in [0, 0.05) is 21.2 Å². The second kappa shape index (κ2) is 6.50. The molecule has 0 aliphatic rings. The van der Waals surface area contributed by atoms with Crippen molar-refractivity contribution in [2.75, 3.05) is 6.61 Å². The average molecular weight is 260 g/mol. The predicted octanol–water partition coefficient (Wildman–Crippen LogP) is 2.78. The van der Waals surface area contributed by atoms with Gasteiger partial charge in [-0.15, -0.1) is 11.8 Å². The number of thioether (sulfide) groups is 1. The molecule has 2 atom stereocenters. The Bertz CT molecular complexity index is 333. The summed E-state index contributed by atoms with van der Waals surface area (Å²) in [5.41, 5.74) is 6.04.